The van der Waals surface area contributed by atoms with Crippen LogP contribution in [0.15, 0.2) is 66.7 Å². The average molecular weight is 333 g/mol. The topological polar surface area (TPSA) is 70.3 Å². The lowest BCUT2D eigenvalue weighted by Gasteiger charge is -2.15. The van der Waals surface area contributed by atoms with Crippen molar-refractivity contribution >= 4 is 5.69 Å². The first-order valence-corrected chi connectivity index (χ1v) is 8.17. The van der Waals surface area contributed by atoms with E-state index in [1.165, 1.54) is 5.56 Å². The predicted octanol–water partition coefficient (Wildman–Crippen LogP) is 4.32. The van der Waals surface area contributed by atoms with Crippen molar-refractivity contribution in [2.24, 2.45) is 5.73 Å². The Hall–Kier alpha value is -2.82. The molecule has 0 unspecified atom stereocenters. The van der Waals surface area contributed by atoms with E-state index < -0.39 is 0 Å². The zero-order valence-electron chi connectivity index (χ0n) is 14.2. The Bertz CT molecular complexity index is 862. The summed E-state index contributed by atoms with van der Waals surface area (Å²) in [5, 5.41) is 11.0. The summed E-state index contributed by atoms with van der Waals surface area (Å²) < 4.78 is 5.50. The second kappa shape index (κ2) is 7.83. The van der Waals surface area contributed by atoms with Gasteiger partial charge in [0.05, 0.1) is 7.11 Å². The molecule has 0 aliphatic rings. The molecule has 0 heterocycles. The SMILES string of the molecule is COc1ccc(Cc2ccccc2CN)cc1-c1cccc(N[O-])c1. The Morgan fingerprint density at radius 3 is 2.48 bits per heavy atom. The molecule has 0 fully saturated rings. The minimum Gasteiger partial charge on any atom is -0.761 e. The summed E-state index contributed by atoms with van der Waals surface area (Å²) in [6, 6.07) is 21.7. The molecule has 4 heteroatoms. The molecule has 128 valence electrons. The zero-order chi connectivity index (χ0) is 17.6. The highest BCUT2D eigenvalue weighted by molar-refractivity contribution is 5.74. The van der Waals surface area contributed by atoms with Crippen molar-refractivity contribution in [3.8, 4) is 16.9 Å². The van der Waals surface area contributed by atoms with Crippen LogP contribution in [0.5, 0.6) is 5.75 Å². The Labute approximate surface area is 147 Å². The van der Waals surface area contributed by atoms with Gasteiger partial charge in [0.25, 0.3) is 0 Å². The Balaban J connectivity index is 2.00. The molecule has 0 aromatic heterocycles. The van der Waals surface area contributed by atoms with Crippen molar-refractivity contribution in [1.29, 1.82) is 0 Å². The highest BCUT2D eigenvalue weighted by atomic mass is 16.5. The van der Waals surface area contributed by atoms with Gasteiger partial charge in [-0.2, -0.15) is 0 Å². The first-order chi connectivity index (χ1) is 12.2. The minimum atomic E-state index is 0.524. The number of hydrogen-bond acceptors (Lipinski definition) is 4. The summed E-state index contributed by atoms with van der Waals surface area (Å²) in [6.45, 7) is 0.524. The number of nitrogens with two attached hydrogens (primary N) is 1. The summed E-state index contributed by atoms with van der Waals surface area (Å²) in [7, 11) is 1.65. The standard InChI is InChI=1S/C21H21N2O2/c1-25-21-10-9-15(11-16-5-2-3-6-18(16)14-22)12-20(21)17-7-4-8-19(13-17)23-24/h2-10,12-13,23H,11,14,22H2,1H3/q-1. The molecule has 3 aromatic rings. The van der Waals surface area contributed by atoms with Gasteiger partial charge < -0.3 is 21.2 Å². The molecule has 0 aliphatic carbocycles. The lowest BCUT2D eigenvalue weighted by molar-refractivity contribution is 0.416. The normalized spacial score (nSPS) is 10.5. The highest BCUT2D eigenvalue weighted by Crippen LogP contribution is 2.33. The molecule has 3 rings (SSSR count). The molecule has 0 saturated carbocycles. The van der Waals surface area contributed by atoms with Crippen LogP contribution in [0, 0.1) is 5.21 Å². The molecular weight excluding hydrogens is 312 g/mol. The Kier molecular flexibility index (Phi) is 5.33. The van der Waals surface area contributed by atoms with E-state index in [-0.39, 0.29) is 0 Å². The zero-order valence-corrected chi connectivity index (χ0v) is 14.2. The molecule has 0 bridgehead atoms. The lowest BCUT2D eigenvalue weighted by atomic mass is 9.96. The quantitative estimate of drug-likeness (QED) is 0.659. The molecule has 0 saturated heterocycles. The van der Waals surface area contributed by atoms with E-state index in [0.717, 1.165) is 34.4 Å². The largest absolute Gasteiger partial charge is 0.761 e. The van der Waals surface area contributed by atoms with E-state index in [9.17, 15) is 5.21 Å². The summed E-state index contributed by atoms with van der Waals surface area (Å²) in [5.41, 5.74) is 13.7. The maximum Gasteiger partial charge on any atom is 0.126 e. The molecule has 0 atom stereocenters. The van der Waals surface area contributed by atoms with Crippen LogP contribution >= 0.6 is 0 Å². The monoisotopic (exact) mass is 333 g/mol. The van der Waals surface area contributed by atoms with Gasteiger partial charge in [-0.1, -0.05) is 42.5 Å². The molecular formula is C21H21N2O2-. The number of hydrogen-bond donors (Lipinski definition) is 2. The van der Waals surface area contributed by atoms with E-state index in [2.05, 4.69) is 24.3 Å². The van der Waals surface area contributed by atoms with Crippen LogP contribution in [0.1, 0.15) is 16.7 Å². The van der Waals surface area contributed by atoms with Crippen LogP contribution < -0.4 is 16.0 Å². The van der Waals surface area contributed by atoms with Crippen LogP contribution in [0.3, 0.4) is 0 Å². The van der Waals surface area contributed by atoms with Crippen molar-refractivity contribution in [1.82, 2.24) is 0 Å². The van der Waals surface area contributed by atoms with Crippen molar-refractivity contribution in [2.45, 2.75) is 13.0 Å². The summed E-state index contributed by atoms with van der Waals surface area (Å²) in [4.78, 5) is 0. The van der Waals surface area contributed by atoms with E-state index in [1.807, 2.05) is 41.9 Å². The van der Waals surface area contributed by atoms with Crippen LogP contribution in [0.4, 0.5) is 5.69 Å². The van der Waals surface area contributed by atoms with Crippen molar-refractivity contribution in [3.63, 3.8) is 0 Å². The number of rotatable bonds is 6. The second-order valence-electron chi connectivity index (χ2n) is 5.87. The fourth-order valence-corrected chi connectivity index (χ4v) is 2.99. The van der Waals surface area contributed by atoms with Crippen LogP contribution in [0.2, 0.25) is 0 Å². The van der Waals surface area contributed by atoms with E-state index >= 15 is 0 Å². The molecule has 3 N–H and O–H groups in total. The molecule has 3 aromatic carbocycles. The van der Waals surface area contributed by atoms with E-state index in [1.54, 1.807) is 13.2 Å². The Morgan fingerprint density at radius 1 is 0.960 bits per heavy atom. The van der Waals surface area contributed by atoms with Gasteiger partial charge in [0.2, 0.25) is 0 Å². The first kappa shape index (κ1) is 17.0. The number of ether oxygens (including phenoxy) is 1. The van der Waals surface area contributed by atoms with Crippen molar-refractivity contribution in [2.75, 3.05) is 12.6 Å². The summed E-state index contributed by atoms with van der Waals surface area (Å²) in [6.07, 6.45) is 0.795. The molecule has 4 nitrogen and oxygen atoms in total. The van der Waals surface area contributed by atoms with Gasteiger partial charge >= 0.3 is 0 Å². The smallest absolute Gasteiger partial charge is 0.126 e. The van der Waals surface area contributed by atoms with Gasteiger partial charge in [0, 0.05) is 17.8 Å². The number of benzene rings is 3. The van der Waals surface area contributed by atoms with Crippen LogP contribution in [-0.4, -0.2) is 7.11 Å². The maximum atomic E-state index is 11.0. The van der Waals surface area contributed by atoms with Gasteiger partial charge in [-0.25, -0.2) is 0 Å². The summed E-state index contributed by atoms with van der Waals surface area (Å²) >= 11 is 0. The average Bonchev–Trinajstić information content (AvgIpc) is 2.68. The van der Waals surface area contributed by atoms with Gasteiger partial charge in [0.15, 0.2) is 0 Å². The van der Waals surface area contributed by atoms with E-state index in [0.29, 0.717) is 12.2 Å². The lowest BCUT2D eigenvalue weighted by Crippen LogP contribution is -2.02. The molecule has 25 heavy (non-hydrogen) atoms. The van der Waals surface area contributed by atoms with Crippen LogP contribution in [0.25, 0.3) is 11.1 Å². The van der Waals surface area contributed by atoms with Gasteiger partial charge in [-0.05, 0) is 52.9 Å². The molecule has 0 spiro atoms. The third-order valence-corrected chi connectivity index (χ3v) is 4.29. The van der Waals surface area contributed by atoms with E-state index in [4.69, 9.17) is 10.5 Å². The second-order valence-corrected chi connectivity index (χ2v) is 5.87. The number of nitrogens with one attached hydrogen (secondary N) is 1. The molecule has 0 amide bonds. The highest BCUT2D eigenvalue weighted by Gasteiger charge is 2.09. The number of methoxy groups -OCH3 is 1. The van der Waals surface area contributed by atoms with Crippen LogP contribution in [-0.2, 0) is 13.0 Å². The third kappa shape index (κ3) is 3.82. The predicted molar refractivity (Wildman–Crippen MR) is 103 cm³/mol. The molecule has 0 aliphatic heterocycles. The summed E-state index contributed by atoms with van der Waals surface area (Å²) in [5.74, 6) is 0.777. The first-order valence-electron chi connectivity index (χ1n) is 8.17. The Morgan fingerprint density at radius 2 is 1.76 bits per heavy atom. The van der Waals surface area contributed by atoms with Gasteiger partial charge in [-0.3, -0.25) is 0 Å². The van der Waals surface area contributed by atoms with Gasteiger partial charge in [-0.15, -0.1) is 0 Å². The maximum absolute atomic E-state index is 11.0. The van der Waals surface area contributed by atoms with Crippen molar-refractivity contribution < 1.29 is 4.74 Å². The number of anilines is 1. The minimum absolute atomic E-state index is 0.524. The fourth-order valence-electron chi connectivity index (χ4n) is 2.99. The molecule has 0 radical (unpaired) electrons. The van der Waals surface area contributed by atoms with Crippen molar-refractivity contribution in [3.05, 3.63) is 88.6 Å². The third-order valence-electron chi connectivity index (χ3n) is 4.29. The van der Waals surface area contributed by atoms with Gasteiger partial charge in [0.1, 0.15) is 5.75 Å². The fraction of sp³-hybridized carbons (Fsp3) is 0.143.